The average molecular weight is 356 g/mol. The molecule has 1 aromatic rings. The number of hydrogen-bond acceptors (Lipinski definition) is 2. The van der Waals surface area contributed by atoms with E-state index >= 15 is 0 Å². The lowest BCUT2D eigenvalue weighted by Gasteiger charge is -2.24. The van der Waals surface area contributed by atoms with Gasteiger partial charge in [0.05, 0.1) is 10.0 Å². The maximum Gasteiger partial charge on any atom is 0.326 e. The van der Waals surface area contributed by atoms with Crippen molar-refractivity contribution in [2.75, 3.05) is 6.54 Å². The van der Waals surface area contributed by atoms with Gasteiger partial charge >= 0.3 is 5.97 Å². The number of carboxylic acids is 1. The first-order chi connectivity index (χ1) is 10.0. The first-order valence-electron chi connectivity index (χ1n) is 6.98. The lowest BCUT2D eigenvalue weighted by Crippen LogP contribution is -2.43. The van der Waals surface area contributed by atoms with Gasteiger partial charge in [0, 0.05) is 6.54 Å². The Hall–Kier alpha value is -1.43. The number of carboxylic acid groups (broad SMARTS) is 1. The number of rotatable bonds is 2. The topological polar surface area (TPSA) is 57.6 Å². The highest BCUT2D eigenvalue weighted by molar-refractivity contribution is 9.10. The van der Waals surface area contributed by atoms with Gasteiger partial charge in [-0.3, -0.25) is 4.79 Å². The fourth-order valence-corrected chi connectivity index (χ4v) is 4.02. The third kappa shape index (κ3) is 2.35. The first kappa shape index (κ1) is 14.5. The summed E-state index contributed by atoms with van der Waals surface area (Å²) < 4.78 is 14.3. The van der Waals surface area contributed by atoms with Crippen molar-refractivity contribution >= 4 is 27.8 Å². The fourth-order valence-electron chi connectivity index (χ4n) is 3.65. The van der Waals surface area contributed by atoms with Crippen LogP contribution in [0.5, 0.6) is 0 Å². The molecule has 0 radical (unpaired) electrons. The molecule has 1 N–H and O–H groups in total. The van der Waals surface area contributed by atoms with E-state index in [1.165, 1.54) is 17.0 Å². The normalized spacial score (nSPS) is 27.7. The summed E-state index contributed by atoms with van der Waals surface area (Å²) in [5, 5.41) is 9.45. The van der Waals surface area contributed by atoms with E-state index in [4.69, 9.17) is 0 Å². The zero-order valence-corrected chi connectivity index (χ0v) is 12.8. The van der Waals surface area contributed by atoms with Crippen LogP contribution in [0.3, 0.4) is 0 Å². The second-order valence-electron chi connectivity index (χ2n) is 5.70. The monoisotopic (exact) mass is 355 g/mol. The summed E-state index contributed by atoms with van der Waals surface area (Å²) in [7, 11) is 0. The zero-order valence-electron chi connectivity index (χ0n) is 11.3. The van der Waals surface area contributed by atoms with E-state index in [1.807, 2.05) is 0 Å². The predicted octanol–water partition coefficient (Wildman–Crippen LogP) is 2.91. The van der Waals surface area contributed by atoms with E-state index in [1.54, 1.807) is 6.07 Å². The minimum atomic E-state index is -0.992. The molecule has 21 heavy (non-hydrogen) atoms. The van der Waals surface area contributed by atoms with E-state index in [0.29, 0.717) is 6.54 Å². The van der Waals surface area contributed by atoms with Crippen molar-refractivity contribution in [3.8, 4) is 0 Å². The van der Waals surface area contributed by atoms with Gasteiger partial charge in [-0.2, -0.15) is 0 Å². The summed E-state index contributed by atoms with van der Waals surface area (Å²) in [5.41, 5.74) is -0.0735. The highest BCUT2D eigenvalue weighted by Gasteiger charge is 2.49. The van der Waals surface area contributed by atoms with Crippen LogP contribution in [0.2, 0.25) is 0 Å². The van der Waals surface area contributed by atoms with Crippen molar-refractivity contribution in [3.63, 3.8) is 0 Å². The van der Waals surface area contributed by atoms with Gasteiger partial charge in [0.1, 0.15) is 11.9 Å². The number of fused-ring (bicyclic) bond motifs is 1. The molecule has 1 aliphatic heterocycles. The van der Waals surface area contributed by atoms with Gasteiger partial charge in [-0.05, 0) is 52.7 Å². The zero-order chi connectivity index (χ0) is 15.1. The summed E-state index contributed by atoms with van der Waals surface area (Å²) in [4.78, 5) is 25.4. The molecular weight excluding hydrogens is 341 g/mol. The van der Waals surface area contributed by atoms with Crippen LogP contribution in [0.1, 0.15) is 29.6 Å². The highest BCUT2D eigenvalue weighted by atomic mass is 79.9. The van der Waals surface area contributed by atoms with Crippen LogP contribution in [0.25, 0.3) is 0 Å². The number of carbonyl (C=O) groups excluding carboxylic acids is 1. The number of amides is 1. The second-order valence-corrected chi connectivity index (χ2v) is 6.55. The summed E-state index contributed by atoms with van der Waals surface area (Å²) in [6, 6.07) is 3.66. The van der Waals surface area contributed by atoms with Gasteiger partial charge < -0.3 is 10.0 Å². The Labute approximate surface area is 130 Å². The summed E-state index contributed by atoms with van der Waals surface area (Å²) in [6.45, 7) is 0.409. The number of carbonyl (C=O) groups is 2. The van der Waals surface area contributed by atoms with E-state index in [9.17, 15) is 19.1 Å². The van der Waals surface area contributed by atoms with Crippen LogP contribution in [-0.4, -0.2) is 34.5 Å². The van der Waals surface area contributed by atoms with E-state index < -0.39 is 23.7 Å². The Bertz CT molecular complexity index is 607. The Morgan fingerprint density at radius 1 is 1.33 bits per heavy atom. The Morgan fingerprint density at radius 2 is 2.10 bits per heavy atom. The standard InChI is InChI=1S/C15H15BrFNO3/c16-11-6-2-5-10(12(11)17)14(19)18-7-8-3-1-4-9(8)13(18)15(20)21/h2,5-6,8-9,13H,1,3-4,7H2,(H,20,21). The van der Waals surface area contributed by atoms with Crippen molar-refractivity contribution in [1.82, 2.24) is 4.90 Å². The number of hydrogen-bond donors (Lipinski definition) is 1. The molecule has 3 atom stereocenters. The number of likely N-dealkylation sites (tertiary alicyclic amines) is 1. The fraction of sp³-hybridized carbons (Fsp3) is 0.467. The number of halogens is 2. The van der Waals surface area contributed by atoms with E-state index in [0.717, 1.165) is 19.3 Å². The first-order valence-corrected chi connectivity index (χ1v) is 7.77. The van der Waals surface area contributed by atoms with Crippen LogP contribution in [0.15, 0.2) is 22.7 Å². The van der Waals surface area contributed by atoms with Crippen LogP contribution >= 0.6 is 15.9 Å². The molecular formula is C15H15BrFNO3. The minimum Gasteiger partial charge on any atom is -0.480 e. The molecule has 2 aliphatic rings. The van der Waals surface area contributed by atoms with Crippen LogP contribution in [-0.2, 0) is 4.79 Å². The molecule has 4 nitrogen and oxygen atoms in total. The number of nitrogens with zero attached hydrogens (tertiary/aromatic N) is 1. The van der Waals surface area contributed by atoms with E-state index in [-0.39, 0.29) is 21.9 Å². The average Bonchev–Trinajstić information content (AvgIpc) is 3.00. The molecule has 3 rings (SSSR count). The molecule has 112 valence electrons. The number of benzene rings is 1. The Kier molecular flexibility index (Phi) is 3.73. The molecule has 3 unspecified atom stereocenters. The van der Waals surface area contributed by atoms with Crippen molar-refractivity contribution in [3.05, 3.63) is 34.1 Å². The van der Waals surface area contributed by atoms with Crippen LogP contribution in [0.4, 0.5) is 4.39 Å². The van der Waals surface area contributed by atoms with Gasteiger partial charge in [0.2, 0.25) is 0 Å². The predicted molar refractivity (Wildman–Crippen MR) is 77.4 cm³/mol. The molecule has 1 aliphatic carbocycles. The molecule has 1 aromatic carbocycles. The van der Waals surface area contributed by atoms with Crippen LogP contribution in [0, 0.1) is 17.7 Å². The Balaban J connectivity index is 1.93. The lowest BCUT2D eigenvalue weighted by atomic mass is 9.94. The largest absolute Gasteiger partial charge is 0.480 e. The SMILES string of the molecule is O=C(O)C1C2CCCC2CN1C(=O)c1cccc(Br)c1F. The van der Waals surface area contributed by atoms with Gasteiger partial charge in [0.25, 0.3) is 5.91 Å². The summed E-state index contributed by atoms with van der Waals surface area (Å²) in [5.74, 6) is -1.93. The molecule has 1 saturated carbocycles. The number of aliphatic carboxylic acids is 1. The minimum absolute atomic E-state index is 0.00154. The van der Waals surface area contributed by atoms with E-state index in [2.05, 4.69) is 15.9 Å². The quantitative estimate of drug-likeness (QED) is 0.887. The van der Waals surface area contributed by atoms with Gasteiger partial charge in [-0.15, -0.1) is 0 Å². The maximum atomic E-state index is 14.1. The van der Waals surface area contributed by atoms with Crippen molar-refractivity contribution in [2.45, 2.75) is 25.3 Å². The third-order valence-electron chi connectivity index (χ3n) is 4.59. The lowest BCUT2D eigenvalue weighted by molar-refractivity contribution is -0.142. The molecule has 0 aromatic heterocycles. The van der Waals surface area contributed by atoms with Gasteiger partial charge in [-0.25, -0.2) is 9.18 Å². The molecule has 6 heteroatoms. The van der Waals surface area contributed by atoms with Gasteiger partial charge in [-0.1, -0.05) is 12.5 Å². The molecule has 2 fully saturated rings. The van der Waals surface area contributed by atoms with Crippen molar-refractivity contribution in [1.29, 1.82) is 0 Å². The Morgan fingerprint density at radius 3 is 2.81 bits per heavy atom. The molecule has 0 spiro atoms. The third-order valence-corrected chi connectivity index (χ3v) is 5.20. The van der Waals surface area contributed by atoms with Crippen molar-refractivity contribution < 1.29 is 19.1 Å². The van der Waals surface area contributed by atoms with Crippen LogP contribution < -0.4 is 0 Å². The van der Waals surface area contributed by atoms with Crippen molar-refractivity contribution in [2.24, 2.45) is 11.8 Å². The van der Waals surface area contributed by atoms with Gasteiger partial charge in [0.15, 0.2) is 0 Å². The maximum absolute atomic E-state index is 14.1. The second kappa shape index (κ2) is 5.40. The molecule has 1 amide bonds. The smallest absolute Gasteiger partial charge is 0.326 e. The molecule has 1 heterocycles. The summed E-state index contributed by atoms with van der Waals surface area (Å²) in [6.07, 6.45) is 2.78. The summed E-state index contributed by atoms with van der Waals surface area (Å²) >= 11 is 3.05. The molecule has 0 bridgehead atoms. The molecule has 1 saturated heterocycles. The highest BCUT2D eigenvalue weighted by Crippen LogP contribution is 2.42.